The Bertz CT molecular complexity index is 731. The van der Waals surface area contributed by atoms with Crippen molar-refractivity contribution >= 4 is 23.2 Å². The van der Waals surface area contributed by atoms with Gasteiger partial charge in [-0.15, -0.1) is 11.3 Å². The molecule has 0 unspecified atom stereocenters. The predicted molar refractivity (Wildman–Crippen MR) is 92.9 cm³/mol. The van der Waals surface area contributed by atoms with Crippen LogP contribution in [0.15, 0.2) is 29.6 Å². The maximum atomic E-state index is 12.4. The van der Waals surface area contributed by atoms with Crippen LogP contribution >= 0.6 is 11.3 Å². The molecule has 0 bridgehead atoms. The van der Waals surface area contributed by atoms with Gasteiger partial charge in [0.15, 0.2) is 0 Å². The molecule has 6 heteroatoms. The summed E-state index contributed by atoms with van der Waals surface area (Å²) < 4.78 is 0. The van der Waals surface area contributed by atoms with E-state index in [0.717, 1.165) is 16.3 Å². The van der Waals surface area contributed by atoms with Gasteiger partial charge in [0, 0.05) is 24.0 Å². The first kappa shape index (κ1) is 16.6. The van der Waals surface area contributed by atoms with Gasteiger partial charge in [-0.2, -0.15) is 0 Å². The van der Waals surface area contributed by atoms with Gasteiger partial charge in [0.25, 0.3) is 0 Å². The number of aliphatic carboxylic acids is 1. The van der Waals surface area contributed by atoms with Crippen molar-refractivity contribution in [2.45, 2.75) is 26.2 Å². The van der Waals surface area contributed by atoms with E-state index >= 15 is 0 Å². The summed E-state index contributed by atoms with van der Waals surface area (Å²) in [5, 5.41) is 11.9. The summed E-state index contributed by atoms with van der Waals surface area (Å²) in [5.41, 5.74) is 3.04. The van der Waals surface area contributed by atoms with Crippen molar-refractivity contribution in [1.29, 1.82) is 0 Å². The molecule has 0 atom stereocenters. The summed E-state index contributed by atoms with van der Waals surface area (Å²) >= 11 is 1.54. The van der Waals surface area contributed by atoms with Crippen LogP contribution in [0.3, 0.4) is 0 Å². The molecule has 1 saturated heterocycles. The molecule has 126 valence electrons. The minimum absolute atomic E-state index is 0.0274. The third-order valence-corrected chi connectivity index (χ3v) is 5.32. The van der Waals surface area contributed by atoms with Crippen LogP contribution in [-0.2, 0) is 16.0 Å². The van der Waals surface area contributed by atoms with Crippen LogP contribution in [0.5, 0.6) is 0 Å². The number of hydrogen-bond donors (Lipinski definition) is 1. The second-order valence-electron chi connectivity index (χ2n) is 6.18. The number of carbonyl (C=O) groups excluding carboxylic acids is 1. The molecule has 1 fully saturated rings. The largest absolute Gasteiger partial charge is 0.481 e. The smallest absolute Gasteiger partial charge is 0.306 e. The van der Waals surface area contributed by atoms with Crippen LogP contribution in [0.4, 0.5) is 0 Å². The number of rotatable bonds is 4. The summed E-state index contributed by atoms with van der Waals surface area (Å²) in [7, 11) is 0. The summed E-state index contributed by atoms with van der Waals surface area (Å²) in [6.07, 6.45) is 1.35. The lowest BCUT2D eigenvalue weighted by Crippen LogP contribution is -2.41. The Morgan fingerprint density at radius 1 is 1.25 bits per heavy atom. The van der Waals surface area contributed by atoms with Crippen LogP contribution in [0.1, 0.15) is 24.1 Å². The number of hydrogen-bond acceptors (Lipinski definition) is 4. The maximum Gasteiger partial charge on any atom is 0.306 e. The summed E-state index contributed by atoms with van der Waals surface area (Å²) in [5.74, 6) is -1.05. The number of carboxylic acid groups (broad SMARTS) is 1. The first-order valence-corrected chi connectivity index (χ1v) is 8.93. The van der Waals surface area contributed by atoms with Gasteiger partial charge in [-0.1, -0.05) is 29.8 Å². The summed E-state index contributed by atoms with van der Waals surface area (Å²) in [4.78, 5) is 29.7. The SMILES string of the molecule is Cc1ccc(-c2nc(CC(=O)N3CCC(C(=O)O)CC3)cs2)cc1. The Hall–Kier alpha value is -2.21. The van der Waals surface area contributed by atoms with Gasteiger partial charge >= 0.3 is 5.97 Å². The molecule has 1 amide bonds. The van der Waals surface area contributed by atoms with Crippen LogP contribution in [0.2, 0.25) is 0 Å². The Kier molecular flexibility index (Phi) is 4.94. The highest BCUT2D eigenvalue weighted by molar-refractivity contribution is 7.13. The molecule has 1 aliphatic rings. The van der Waals surface area contributed by atoms with E-state index in [1.165, 1.54) is 5.56 Å². The molecule has 0 aliphatic carbocycles. The number of likely N-dealkylation sites (tertiary alicyclic amines) is 1. The van der Waals surface area contributed by atoms with Crippen molar-refractivity contribution in [2.75, 3.05) is 13.1 Å². The Labute approximate surface area is 145 Å². The van der Waals surface area contributed by atoms with E-state index in [4.69, 9.17) is 5.11 Å². The average molecular weight is 344 g/mol. The fourth-order valence-electron chi connectivity index (χ4n) is 2.86. The topological polar surface area (TPSA) is 70.5 Å². The van der Waals surface area contributed by atoms with Crippen molar-refractivity contribution in [3.05, 3.63) is 40.9 Å². The maximum absolute atomic E-state index is 12.4. The standard InChI is InChI=1S/C18H20N2O3S/c1-12-2-4-13(5-3-12)17-19-15(11-24-17)10-16(21)20-8-6-14(7-9-20)18(22)23/h2-5,11,14H,6-10H2,1H3,(H,22,23). The normalized spacial score (nSPS) is 15.5. The first-order chi connectivity index (χ1) is 11.5. The van der Waals surface area contributed by atoms with Crippen molar-refractivity contribution < 1.29 is 14.7 Å². The van der Waals surface area contributed by atoms with Crippen LogP contribution in [0, 0.1) is 12.8 Å². The Balaban J connectivity index is 1.59. The number of aryl methyl sites for hydroxylation is 1. The highest BCUT2D eigenvalue weighted by Crippen LogP contribution is 2.25. The molecule has 1 aromatic carbocycles. The quantitative estimate of drug-likeness (QED) is 0.926. The molecule has 0 saturated carbocycles. The molecule has 2 heterocycles. The summed E-state index contributed by atoms with van der Waals surface area (Å²) in [6.45, 7) is 3.08. The molecule has 3 rings (SSSR count). The molecule has 24 heavy (non-hydrogen) atoms. The third-order valence-electron chi connectivity index (χ3n) is 4.38. The fourth-order valence-corrected chi connectivity index (χ4v) is 3.69. The Morgan fingerprint density at radius 3 is 2.54 bits per heavy atom. The molecule has 0 spiro atoms. The van der Waals surface area contributed by atoms with E-state index in [0.29, 0.717) is 25.9 Å². The minimum atomic E-state index is -0.760. The van der Waals surface area contributed by atoms with Crippen molar-refractivity contribution in [3.63, 3.8) is 0 Å². The number of carboxylic acids is 1. The lowest BCUT2D eigenvalue weighted by molar-refractivity contribution is -0.145. The number of nitrogens with zero attached hydrogens (tertiary/aromatic N) is 2. The highest BCUT2D eigenvalue weighted by atomic mass is 32.1. The fraction of sp³-hybridized carbons (Fsp3) is 0.389. The van der Waals surface area contributed by atoms with Crippen LogP contribution in [0.25, 0.3) is 10.6 Å². The van der Waals surface area contributed by atoms with E-state index < -0.39 is 5.97 Å². The van der Waals surface area contributed by atoms with Crippen LogP contribution in [-0.4, -0.2) is 40.0 Å². The van der Waals surface area contributed by atoms with Crippen molar-refractivity contribution in [1.82, 2.24) is 9.88 Å². The van der Waals surface area contributed by atoms with Gasteiger partial charge in [0.2, 0.25) is 5.91 Å². The number of aromatic nitrogens is 1. The van der Waals surface area contributed by atoms with E-state index in [2.05, 4.69) is 4.98 Å². The van der Waals surface area contributed by atoms with E-state index in [1.807, 2.05) is 36.6 Å². The van der Waals surface area contributed by atoms with Gasteiger partial charge in [0.05, 0.1) is 18.0 Å². The van der Waals surface area contributed by atoms with E-state index in [-0.39, 0.29) is 18.2 Å². The zero-order valence-corrected chi connectivity index (χ0v) is 14.4. The van der Waals surface area contributed by atoms with E-state index in [1.54, 1.807) is 16.2 Å². The number of carbonyl (C=O) groups is 2. The molecular weight excluding hydrogens is 324 g/mol. The Morgan fingerprint density at radius 2 is 1.92 bits per heavy atom. The lowest BCUT2D eigenvalue weighted by atomic mass is 9.97. The van der Waals surface area contributed by atoms with Gasteiger partial charge in [-0.3, -0.25) is 9.59 Å². The second kappa shape index (κ2) is 7.13. The van der Waals surface area contributed by atoms with E-state index in [9.17, 15) is 9.59 Å². The number of thiazole rings is 1. The number of amides is 1. The zero-order valence-electron chi connectivity index (χ0n) is 13.6. The van der Waals surface area contributed by atoms with Crippen LogP contribution < -0.4 is 0 Å². The molecule has 1 aromatic heterocycles. The van der Waals surface area contributed by atoms with Crippen molar-refractivity contribution in [2.24, 2.45) is 5.92 Å². The second-order valence-corrected chi connectivity index (χ2v) is 7.04. The number of benzene rings is 1. The molecule has 5 nitrogen and oxygen atoms in total. The average Bonchev–Trinajstić information content (AvgIpc) is 3.04. The molecule has 1 aliphatic heterocycles. The zero-order chi connectivity index (χ0) is 17.1. The first-order valence-electron chi connectivity index (χ1n) is 8.05. The predicted octanol–water partition coefficient (Wildman–Crippen LogP) is 2.98. The molecule has 1 N–H and O–H groups in total. The lowest BCUT2D eigenvalue weighted by Gasteiger charge is -2.30. The highest BCUT2D eigenvalue weighted by Gasteiger charge is 2.27. The van der Waals surface area contributed by atoms with Crippen molar-refractivity contribution in [3.8, 4) is 10.6 Å². The van der Waals surface area contributed by atoms with Gasteiger partial charge < -0.3 is 10.0 Å². The molecule has 0 radical (unpaired) electrons. The third kappa shape index (κ3) is 3.82. The van der Waals surface area contributed by atoms with Gasteiger partial charge in [-0.05, 0) is 19.8 Å². The van der Waals surface area contributed by atoms with Gasteiger partial charge in [0.1, 0.15) is 5.01 Å². The minimum Gasteiger partial charge on any atom is -0.481 e. The summed E-state index contributed by atoms with van der Waals surface area (Å²) in [6, 6.07) is 8.18. The molecular formula is C18H20N2O3S. The monoisotopic (exact) mass is 344 g/mol. The molecule has 2 aromatic rings. The van der Waals surface area contributed by atoms with Gasteiger partial charge in [-0.25, -0.2) is 4.98 Å². The number of piperidine rings is 1.